The van der Waals surface area contributed by atoms with Gasteiger partial charge in [-0.1, -0.05) is 33.8 Å². The molecule has 29 heavy (non-hydrogen) atoms. The zero-order chi connectivity index (χ0) is 22.0. The van der Waals surface area contributed by atoms with Crippen molar-refractivity contribution in [2.75, 3.05) is 13.6 Å². The third kappa shape index (κ3) is 8.53. The monoisotopic (exact) mass is 409 g/mol. The van der Waals surface area contributed by atoms with Crippen LogP contribution in [0.3, 0.4) is 0 Å². The van der Waals surface area contributed by atoms with Gasteiger partial charge in [0, 0.05) is 25.7 Å². The van der Waals surface area contributed by atoms with E-state index in [1.165, 1.54) is 13.1 Å². The molecule has 0 aromatic carbocycles. The molecular weight excluding hydrogens is 374 g/mol. The highest BCUT2D eigenvalue weighted by Crippen LogP contribution is 2.09. The fourth-order valence-electron chi connectivity index (χ4n) is 2.92. The second kappa shape index (κ2) is 12.1. The summed E-state index contributed by atoms with van der Waals surface area (Å²) in [6.45, 7) is 8.03. The van der Waals surface area contributed by atoms with Crippen molar-refractivity contribution in [1.29, 1.82) is 0 Å². The van der Waals surface area contributed by atoms with Crippen LogP contribution in [0.4, 0.5) is 4.79 Å². The first kappa shape index (κ1) is 24.5. The third-order valence-electron chi connectivity index (χ3n) is 4.80. The number of rotatable bonds is 5. The van der Waals surface area contributed by atoms with E-state index in [0.717, 1.165) is 0 Å². The van der Waals surface area contributed by atoms with Gasteiger partial charge in [0.1, 0.15) is 12.1 Å². The number of hydrogen-bond donors (Lipinski definition) is 5. The van der Waals surface area contributed by atoms with Crippen molar-refractivity contribution in [1.82, 2.24) is 26.6 Å². The van der Waals surface area contributed by atoms with Gasteiger partial charge in [0.25, 0.3) is 0 Å². The number of hydrogen-bond acceptors (Lipinski definition) is 4. The van der Waals surface area contributed by atoms with Gasteiger partial charge in [-0.05, 0) is 31.1 Å². The molecule has 0 radical (unpaired) electrons. The number of carbonyl (C=O) groups excluding carboxylic acids is 4. The van der Waals surface area contributed by atoms with E-state index in [1.807, 2.05) is 27.7 Å². The summed E-state index contributed by atoms with van der Waals surface area (Å²) < 4.78 is 0. The Balaban J connectivity index is 2.96. The predicted octanol–water partition coefficient (Wildman–Crippen LogP) is 0.422. The van der Waals surface area contributed by atoms with Crippen LogP contribution in [0.15, 0.2) is 12.2 Å². The molecule has 0 fully saturated rings. The molecule has 0 spiro atoms. The molecule has 9 heteroatoms. The highest BCUT2D eigenvalue weighted by molar-refractivity contribution is 5.92. The normalized spacial score (nSPS) is 23.1. The molecular formula is C20H35N5O4. The molecule has 0 saturated heterocycles. The fourth-order valence-corrected chi connectivity index (χ4v) is 2.92. The third-order valence-corrected chi connectivity index (χ3v) is 4.80. The maximum Gasteiger partial charge on any atom is 0.315 e. The van der Waals surface area contributed by atoms with Crippen molar-refractivity contribution in [3.8, 4) is 0 Å². The van der Waals surface area contributed by atoms with Crippen molar-refractivity contribution in [2.45, 2.75) is 65.1 Å². The first-order valence-corrected chi connectivity index (χ1v) is 10.2. The highest BCUT2D eigenvalue weighted by Gasteiger charge is 2.29. The van der Waals surface area contributed by atoms with E-state index in [2.05, 4.69) is 26.6 Å². The predicted molar refractivity (Wildman–Crippen MR) is 111 cm³/mol. The molecule has 3 atom stereocenters. The van der Waals surface area contributed by atoms with Crippen molar-refractivity contribution >= 4 is 23.8 Å². The van der Waals surface area contributed by atoms with Crippen LogP contribution in [0.25, 0.3) is 0 Å². The van der Waals surface area contributed by atoms with Crippen LogP contribution in [-0.2, 0) is 14.4 Å². The summed E-state index contributed by atoms with van der Waals surface area (Å²) in [5.41, 5.74) is 0. The van der Waals surface area contributed by atoms with Crippen molar-refractivity contribution < 1.29 is 19.2 Å². The Kier molecular flexibility index (Phi) is 10.2. The summed E-state index contributed by atoms with van der Waals surface area (Å²) in [5.74, 6) is -0.968. The minimum Gasteiger partial charge on any atom is -0.353 e. The molecule has 1 heterocycles. The molecule has 9 nitrogen and oxygen atoms in total. The van der Waals surface area contributed by atoms with E-state index in [1.54, 1.807) is 6.08 Å². The molecule has 1 aliphatic rings. The van der Waals surface area contributed by atoms with Gasteiger partial charge < -0.3 is 26.6 Å². The summed E-state index contributed by atoms with van der Waals surface area (Å²) in [6.07, 6.45) is 4.89. The first-order valence-electron chi connectivity index (χ1n) is 10.2. The molecule has 0 aromatic heterocycles. The van der Waals surface area contributed by atoms with E-state index in [-0.39, 0.29) is 29.7 Å². The van der Waals surface area contributed by atoms with Crippen LogP contribution in [-0.4, -0.2) is 55.5 Å². The molecule has 0 aromatic rings. The van der Waals surface area contributed by atoms with E-state index in [4.69, 9.17) is 0 Å². The van der Waals surface area contributed by atoms with E-state index in [9.17, 15) is 19.2 Å². The molecule has 164 valence electrons. The van der Waals surface area contributed by atoms with E-state index < -0.39 is 24.0 Å². The topological polar surface area (TPSA) is 128 Å². The van der Waals surface area contributed by atoms with E-state index >= 15 is 0 Å². The average molecular weight is 410 g/mol. The Labute approximate surface area is 172 Å². The summed E-state index contributed by atoms with van der Waals surface area (Å²) in [5, 5.41) is 13.6. The standard InChI is InChI=1S/C20H35N5O4/c1-12(2)14-9-10-16(26)22-11-7-6-8-15(18(27)23-14)24-19(28)17(13(3)4)25-20(29)21-5/h9-10,12-15,17H,6-8,11H2,1-5H3,(H,22,26)(H,23,27)(H,24,28)(H2,21,25,29)/b10-9+/t14-,15+,17+/m1/s1. The average Bonchev–Trinajstić information content (AvgIpc) is 2.65. The minimum absolute atomic E-state index is 0.0700. The summed E-state index contributed by atoms with van der Waals surface area (Å²) in [6, 6.07) is -2.27. The zero-order valence-electron chi connectivity index (χ0n) is 18.0. The lowest BCUT2D eigenvalue weighted by atomic mass is 10.00. The van der Waals surface area contributed by atoms with Gasteiger partial charge in [-0.3, -0.25) is 14.4 Å². The van der Waals surface area contributed by atoms with Gasteiger partial charge in [0.2, 0.25) is 17.7 Å². The Morgan fingerprint density at radius 3 is 2.41 bits per heavy atom. The molecule has 1 aliphatic heterocycles. The van der Waals surface area contributed by atoms with Crippen LogP contribution >= 0.6 is 0 Å². The largest absolute Gasteiger partial charge is 0.353 e. The second-order valence-electron chi connectivity index (χ2n) is 7.93. The number of nitrogens with one attached hydrogen (secondary N) is 5. The minimum atomic E-state index is -0.760. The van der Waals surface area contributed by atoms with Crippen molar-refractivity contribution in [3.63, 3.8) is 0 Å². The second-order valence-corrected chi connectivity index (χ2v) is 7.93. The molecule has 5 amide bonds. The Hall–Kier alpha value is -2.58. The van der Waals surface area contributed by atoms with Crippen LogP contribution in [0.5, 0.6) is 0 Å². The molecule has 5 N–H and O–H groups in total. The SMILES string of the molecule is CNC(=O)N[C@H](C(=O)N[C@H]1CCCCNC(=O)/C=C/[C@H](C(C)C)NC1=O)C(C)C. The van der Waals surface area contributed by atoms with E-state index in [0.29, 0.717) is 25.8 Å². The van der Waals surface area contributed by atoms with Gasteiger partial charge in [-0.25, -0.2) is 4.79 Å². The highest BCUT2D eigenvalue weighted by atomic mass is 16.2. The maximum atomic E-state index is 12.9. The summed E-state index contributed by atoms with van der Waals surface area (Å²) in [7, 11) is 1.48. The van der Waals surface area contributed by atoms with Crippen LogP contribution in [0, 0.1) is 11.8 Å². The van der Waals surface area contributed by atoms with Crippen LogP contribution in [0.2, 0.25) is 0 Å². The lowest BCUT2D eigenvalue weighted by Gasteiger charge is -2.27. The Bertz CT molecular complexity index is 618. The Morgan fingerprint density at radius 2 is 1.83 bits per heavy atom. The maximum absolute atomic E-state index is 12.9. The lowest BCUT2D eigenvalue weighted by Crippen LogP contribution is -2.57. The Morgan fingerprint density at radius 1 is 1.14 bits per heavy atom. The van der Waals surface area contributed by atoms with Crippen LogP contribution in [0.1, 0.15) is 47.0 Å². The lowest BCUT2D eigenvalue weighted by molar-refractivity contribution is -0.131. The van der Waals surface area contributed by atoms with Gasteiger partial charge >= 0.3 is 6.03 Å². The molecule has 0 saturated carbocycles. The number of urea groups is 1. The molecule has 0 aliphatic carbocycles. The van der Waals surface area contributed by atoms with Gasteiger partial charge in [0.05, 0.1) is 0 Å². The molecule has 1 rings (SSSR count). The quantitative estimate of drug-likeness (QED) is 0.451. The van der Waals surface area contributed by atoms with Gasteiger partial charge in [-0.2, -0.15) is 0 Å². The molecule has 0 unspecified atom stereocenters. The molecule has 0 bridgehead atoms. The summed E-state index contributed by atoms with van der Waals surface area (Å²) in [4.78, 5) is 49.1. The zero-order valence-corrected chi connectivity index (χ0v) is 18.0. The smallest absolute Gasteiger partial charge is 0.315 e. The van der Waals surface area contributed by atoms with Gasteiger partial charge in [-0.15, -0.1) is 0 Å². The van der Waals surface area contributed by atoms with Crippen molar-refractivity contribution in [2.24, 2.45) is 11.8 Å². The van der Waals surface area contributed by atoms with Crippen molar-refractivity contribution in [3.05, 3.63) is 12.2 Å². The summed E-state index contributed by atoms with van der Waals surface area (Å²) >= 11 is 0. The van der Waals surface area contributed by atoms with Gasteiger partial charge in [0.15, 0.2) is 0 Å². The number of amides is 5. The fraction of sp³-hybridized carbons (Fsp3) is 0.700. The number of carbonyl (C=O) groups is 4. The first-order chi connectivity index (χ1) is 13.6. The van der Waals surface area contributed by atoms with Crippen LogP contribution < -0.4 is 26.6 Å².